The molecule has 10 heteroatoms. The molecule has 2 heterocycles. The van der Waals surface area contributed by atoms with E-state index in [-0.39, 0.29) is 23.2 Å². The van der Waals surface area contributed by atoms with Gasteiger partial charge in [0.05, 0.1) is 13.7 Å². The molecular formula is C23H18Cl3N3O4. The normalized spacial score (nSPS) is 10.8. The van der Waals surface area contributed by atoms with Crippen LogP contribution in [0.3, 0.4) is 0 Å². The van der Waals surface area contributed by atoms with Gasteiger partial charge in [0.2, 0.25) is 0 Å². The number of carbonyl (C=O) groups is 1. The molecule has 0 atom stereocenters. The zero-order valence-corrected chi connectivity index (χ0v) is 19.6. The van der Waals surface area contributed by atoms with Crippen molar-refractivity contribution in [2.45, 2.75) is 13.2 Å². The number of anilines is 1. The lowest BCUT2D eigenvalue weighted by Gasteiger charge is -2.08. The number of methoxy groups -OCH3 is 1. The predicted octanol–water partition coefficient (Wildman–Crippen LogP) is 6.32. The third-order valence-electron chi connectivity index (χ3n) is 4.66. The number of carbonyl (C=O) groups excluding carboxylic acids is 1. The molecule has 4 aromatic rings. The van der Waals surface area contributed by atoms with Crippen molar-refractivity contribution in [3.63, 3.8) is 0 Å². The number of hydrogen-bond acceptors (Lipinski definition) is 5. The number of aromatic nitrogens is 2. The fraction of sp³-hybridized carbons (Fsp3) is 0.130. The second kappa shape index (κ2) is 10.2. The van der Waals surface area contributed by atoms with Crippen LogP contribution in [0.2, 0.25) is 15.1 Å². The number of nitrogens with zero attached hydrogens (tertiary/aromatic N) is 2. The van der Waals surface area contributed by atoms with Crippen molar-refractivity contribution >= 4 is 46.5 Å². The molecule has 1 N–H and O–H groups in total. The molecule has 170 valence electrons. The molecule has 0 aliphatic carbocycles. The molecular weight excluding hydrogens is 489 g/mol. The Balaban J connectivity index is 1.40. The minimum atomic E-state index is -0.499. The number of hydrogen-bond donors (Lipinski definition) is 1. The highest BCUT2D eigenvalue weighted by Crippen LogP contribution is 2.28. The van der Waals surface area contributed by atoms with Gasteiger partial charge in [0, 0.05) is 21.8 Å². The highest BCUT2D eigenvalue weighted by atomic mass is 35.5. The molecule has 0 saturated heterocycles. The van der Waals surface area contributed by atoms with E-state index in [9.17, 15) is 4.79 Å². The van der Waals surface area contributed by atoms with Gasteiger partial charge in [-0.3, -0.25) is 9.48 Å². The van der Waals surface area contributed by atoms with Gasteiger partial charge in [0.25, 0.3) is 5.91 Å². The standard InChI is InChI=1S/C23H18Cl3N3O4/c1-31-19-7-2-3-8-20(19)32-13-14-9-10-21(33-14)23(30)27-22-18(26)12-29(28-22)11-15-16(24)5-4-6-17(15)25/h2-10,12H,11,13H2,1H3,(H,27,28,30). The summed E-state index contributed by atoms with van der Waals surface area (Å²) in [5.74, 6) is 1.42. The summed E-state index contributed by atoms with van der Waals surface area (Å²) in [6, 6.07) is 15.7. The summed E-state index contributed by atoms with van der Waals surface area (Å²) in [7, 11) is 1.56. The lowest BCUT2D eigenvalue weighted by Crippen LogP contribution is -2.12. The number of nitrogens with one attached hydrogen (secondary N) is 1. The molecule has 0 unspecified atom stereocenters. The largest absolute Gasteiger partial charge is 0.493 e. The van der Waals surface area contributed by atoms with Crippen LogP contribution in [0.5, 0.6) is 11.5 Å². The number of benzene rings is 2. The maximum atomic E-state index is 12.6. The van der Waals surface area contributed by atoms with Crippen LogP contribution >= 0.6 is 34.8 Å². The van der Waals surface area contributed by atoms with Gasteiger partial charge in [-0.05, 0) is 36.4 Å². The Morgan fingerprint density at radius 1 is 1.00 bits per heavy atom. The lowest BCUT2D eigenvalue weighted by atomic mass is 10.2. The molecule has 0 aliphatic heterocycles. The maximum absolute atomic E-state index is 12.6. The summed E-state index contributed by atoms with van der Waals surface area (Å²) in [6.07, 6.45) is 1.57. The van der Waals surface area contributed by atoms with Crippen LogP contribution < -0.4 is 14.8 Å². The second-order valence-electron chi connectivity index (χ2n) is 6.88. The predicted molar refractivity (Wildman–Crippen MR) is 127 cm³/mol. The van der Waals surface area contributed by atoms with Gasteiger partial charge in [-0.1, -0.05) is 53.0 Å². The van der Waals surface area contributed by atoms with Crippen LogP contribution in [0.4, 0.5) is 5.82 Å². The van der Waals surface area contributed by atoms with Crippen LogP contribution in [0.25, 0.3) is 0 Å². The average Bonchev–Trinajstić information content (AvgIpc) is 3.42. The quantitative estimate of drug-likeness (QED) is 0.302. The molecule has 7 nitrogen and oxygen atoms in total. The topological polar surface area (TPSA) is 78.5 Å². The van der Waals surface area contributed by atoms with E-state index >= 15 is 0 Å². The van der Waals surface area contributed by atoms with E-state index < -0.39 is 5.91 Å². The molecule has 0 saturated carbocycles. The van der Waals surface area contributed by atoms with Gasteiger partial charge in [-0.15, -0.1) is 0 Å². The highest BCUT2D eigenvalue weighted by molar-refractivity contribution is 6.36. The van der Waals surface area contributed by atoms with E-state index in [0.717, 1.165) is 0 Å². The molecule has 0 aliphatic rings. The summed E-state index contributed by atoms with van der Waals surface area (Å²) in [6.45, 7) is 0.418. The highest BCUT2D eigenvalue weighted by Gasteiger charge is 2.17. The van der Waals surface area contributed by atoms with Crippen LogP contribution in [-0.4, -0.2) is 22.8 Å². The van der Waals surface area contributed by atoms with Crippen molar-refractivity contribution in [1.29, 1.82) is 0 Å². The van der Waals surface area contributed by atoms with Crippen molar-refractivity contribution in [3.8, 4) is 11.5 Å². The number of furan rings is 1. The summed E-state index contributed by atoms with van der Waals surface area (Å²) < 4.78 is 18.1. The minimum absolute atomic E-state index is 0.0911. The lowest BCUT2D eigenvalue weighted by molar-refractivity contribution is 0.0992. The SMILES string of the molecule is COc1ccccc1OCc1ccc(C(=O)Nc2nn(Cc3c(Cl)cccc3Cl)cc2Cl)o1. The van der Waals surface area contributed by atoms with Crippen LogP contribution in [0.15, 0.2) is 65.2 Å². The van der Waals surface area contributed by atoms with E-state index in [1.165, 1.54) is 0 Å². The first-order chi connectivity index (χ1) is 15.9. The van der Waals surface area contributed by atoms with E-state index in [1.807, 2.05) is 12.1 Å². The molecule has 0 fully saturated rings. The van der Waals surface area contributed by atoms with E-state index in [2.05, 4.69) is 10.4 Å². The zero-order chi connectivity index (χ0) is 23.4. The molecule has 0 radical (unpaired) electrons. The van der Waals surface area contributed by atoms with Gasteiger partial charge < -0.3 is 19.2 Å². The number of amides is 1. The van der Waals surface area contributed by atoms with Crippen LogP contribution in [0.1, 0.15) is 21.9 Å². The van der Waals surface area contributed by atoms with Gasteiger partial charge in [0.1, 0.15) is 17.4 Å². The van der Waals surface area contributed by atoms with Crippen LogP contribution in [0, 0.1) is 0 Å². The third kappa shape index (κ3) is 5.45. The smallest absolute Gasteiger partial charge is 0.292 e. The number of rotatable bonds is 8. The summed E-state index contributed by atoms with van der Waals surface area (Å²) >= 11 is 18.7. The molecule has 2 aromatic heterocycles. The van der Waals surface area contributed by atoms with E-state index in [1.54, 1.807) is 60.5 Å². The maximum Gasteiger partial charge on any atom is 0.292 e. The number of halogens is 3. The minimum Gasteiger partial charge on any atom is -0.493 e. The van der Waals surface area contributed by atoms with Gasteiger partial charge in [0.15, 0.2) is 23.1 Å². The summed E-state index contributed by atoms with van der Waals surface area (Å²) in [5.41, 5.74) is 0.698. The van der Waals surface area contributed by atoms with Gasteiger partial charge in [-0.25, -0.2) is 0 Å². The zero-order valence-electron chi connectivity index (χ0n) is 17.3. The van der Waals surface area contributed by atoms with E-state index in [4.69, 9.17) is 48.7 Å². The Morgan fingerprint density at radius 2 is 1.73 bits per heavy atom. The third-order valence-corrected chi connectivity index (χ3v) is 5.64. The Labute approximate surface area is 204 Å². The number of ether oxygens (including phenoxy) is 2. The summed E-state index contributed by atoms with van der Waals surface area (Å²) in [5, 5.41) is 8.24. The summed E-state index contributed by atoms with van der Waals surface area (Å²) in [4.78, 5) is 12.6. The monoisotopic (exact) mass is 505 g/mol. The molecule has 33 heavy (non-hydrogen) atoms. The van der Waals surface area contributed by atoms with Crippen LogP contribution in [-0.2, 0) is 13.2 Å². The van der Waals surface area contributed by atoms with Gasteiger partial charge >= 0.3 is 0 Å². The first-order valence-electron chi connectivity index (χ1n) is 9.76. The second-order valence-corrected chi connectivity index (χ2v) is 8.10. The van der Waals surface area contributed by atoms with E-state index in [0.29, 0.717) is 39.4 Å². The Hall–Kier alpha value is -3.13. The molecule has 2 aromatic carbocycles. The molecule has 1 amide bonds. The first kappa shape index (κ1) is 23.0. The molecule has 0 bridgehead atoms. The van der Waals surface area contributed by atoms with Crippen molar-refractivity contribution in [2.24, 2.45) is 0 Å². The van der Waals surface area contributed by atoms with Crippen molar-refractivity contribution in [1.82, 2.24) is 9.78 Å². The Kier molecular flexibility index (Phi) is 7.13. The van der Waals surface area contributed by atoms with Crippen molar-refractivity contribution in [3.05, 3.63) is 92.9 Å². The Bertz CT molecular complexity index is 1270. The van der Waals surface area contributed by atoms with Crippen molar-refractivity contribution < 1.29 is 18.7 Å². The average molecular weight is 507 g/mol. The molecule has 4 rings (SSSR count). The van der Waals surface area contributed by atoms with Crippen molar-refractivity contribution in [2.75, 3.05) is 12.4 Å². The first-order valence-corrected chi connectivity index (χ1v) is 10.9. The number of para-hydroxylation sites is 2. The Morgan fingerprint density at radius 3 is 2.45 bits per heavy atom. The molecule has 0 spiro atoms. The fourth-order valence-electron chi connectivity index (χ4n) is 3.04. The van der Waals surface area contributed by atoms with Gasteiger partial charge in [-0.2, -0.15) is 5.10 Å². The fourth-order valence-corrected chi connectivity index (χ4v) is 3.76.